The number of benzene rings is 1. The van der Waals surface area contributed by atoms with Crippen molar-refractivity contribution in [2.45, 2.75) is 12.8 Å². The SMILES string of the molecule is O=CC1=CCCc2c(Br)cccc21. The van der Waals surface area contributed by atoms with Crippen molar-refractivity contribution in [2.75, 3.05) is 0 Å². The van der Waals surface area contributed by atoms with Crippen LogP contribution < -0.4 is 0 Å². The van der Waals surface area contributed by atoms with E-state index in [1.807, 2.05) is 24.3 Å². The third-order valence-corrected chi connectivity index (χ3v) is 3.06. The third kappa shape index (κ3) is 1.46. The van der Waals surface area contributed by atoms with E-state index in [0.29, 0.717) is 0 Å². The Kier molecular flexibility index (Phi) is 2.32. The molecule has 2 heteroatoms. The van der Waals surface area contributed by atoms with Crippen molar-refractivity contribution in [1.29, 1.82) is 0 Å². The largest absolute Gasteiger partial charge is 0.298 e. The molecule has 0 heterocycles. The fourth-order valence-corrected chi connectivity index (χ4v) is 2.24. The van der Waals surface area contributed by atoms with Crippen LogP contribution in [0.25, 0.3) is 5.57 Å². The average Bonchev–Trinajstić information content (AvgIpc) is 2.18. The zero-order valence-corrected chi connectivity index (χ0v) is 8.67. The van der Waals surface area contributed by atoms with E-state index < -0.39 is 0 Å². The molecule has 0 atom stereocenters. The van der Waals surface area contributed by atoms with E-state index in [-0.39, 0.29) is 0 Å². The van der Waals surface area contributed by atoms with Gasteiger partial charge in [-0.25, -0.2) is 0 Å². The number of hydrogen-bond donors (Lipinski definition) is 0. The molecule has 0 aromatic heterocycles. The van der Waals surface area contributed by atoms with Crippen molar-refractivity contribution < 1.29 is 4.79 Å². The zero-order chi connectivity index (χ0) is 9.26. The molecule has 0 amide bonds. The standard InChI is InChI=1S/C11H9BrO/c12-11-6-2-4-9-8(7-13)3-1-5-10(9)11/h2-4,6-7H,1,5H2. The van der Waals surface area contributed by atoms with Crippen molar-refractivity contribution in [2.24, 2.45) is 0 Å². The Bertz CT molecular complexity index is 380. The molecular weight excluding hydrogens is 228 g/mol. The van der Waals surface area contributed by atoms with Crippen LogP contribution in [0.5, 0.6) is 0 Å². The van der Waals surface area contributed by atoms with E-state index >= 15 is 0 Å². The monoisotopic (exact) mass is 236 g/mol. The second-order valence-corrected chi connectivity index (χ2v) is 3.94. The van der Waals surface area contributed by atoms with Crippen LogP contribution in [0.1, 0.15) is 17.5 Å². The van der Waals surface area contributed by atoms with E-state index in [9.17, 15) is 4.79 Å². The number of rotatable bonds is 1. The number of carbonyl (C=O) groups excluding carboxylic acids is 1. The first kappa shape index (κ1) is 8.70. The van der Waals surface area contributed by atoms with E-state index in [1.165, 1.54) is 5.56 Å². The normalized spacial score (nSPS) is 14.7. The predicted molar refractivity (Wildman–Crippen MR) is 56.5 cm³/mol. The minimum Gasteiger partial charge on any atom is -0.298 e. The zero-order valence-electron chi connectivity index (χ0n) is 7.09. The molecule has 2 rings (SSSR count). The Morgan fingerprint density at radius 1 is 1.38 bits per heavy atom. The molecule has 0 radical (unpaired) electrons. The first-order valence-electron chi connectivity index (χ1n) is 4.26. The molecule has 0 saturated heterocycles. The lowest BCUT2D eigenvalue weighted by molar-refractivity contribution is -0.103. The highest BCUT2D eigenvalue weighted by Gasteiger charge is 2.13. The molecule has 13 heavy (non-hydrogen) atoms. The van der Waals surface area contributed by atoms with Gasteiger partial charge in [0.1, 0.15) is 6.29 Å². The fourth-order valence-electron chi connectivity index (χ4n) is 1.68. The lowest BCUT2D eigenvalue weighted by Gasteiger charge is -2.15. The molecule has 1 aromatic rings. The van der Waals surface area contributed by atoms with Gasteiger partial charge in [-0.05, 0) is 30.0 Å². The lowest BCUT2D eigenvalue weighted by atomic mass is 9.92. The van der Waals surface area contributed by atoms with Crippen molar-refractivity contribution >= 4 is 27.8 Å². The molecule has 1 aliphatic rings. The van der Waals surface area contributed by atoms with Crippen LogP contribution in [0.3, 0.4) is 0 Å². The van der Waals surface area contributed by atoms with Gasteiger partial charge in [0.2, 0.25) is 0 Å². The number of halogens is 1. The van der Waals surface area contributed by atoms with Crippen LogP contribution in [-0.4, -0.2) is 6.29 Å². The van der Waals surface area contributed by atoms with Crippen LogP contribution >= 0.6 is 15.9 Å². The molecule has 0 spiro atoms. The number of allylic oxidation sites excluding steroid dienone is 2. The maximum Gasteiger partial charge on any atom is 0.150 e. The fraction of sp³-hybridized carbons (Fsp3) is 0.182. The van der Waals surface area contributed by atoms with Gasteiger partial charge in [0, 0.05) is 10.0 Å². The summed E-state index contributed by atoms with van der Waals surface area (Å²) in [5, 5.41) is 0. The number of carbonyl (C=O) groups is 1. The number of fused-ring (bicyclic) bond motifs is 1. The summed E-state index contributed by atoms with van der Waals surface area (Å²) < 4.78 is 1.11. The van der Waals surface area contributed by atoms with Crippen LogP contribution in [-0.2, 0) is 11.2 Å². The number of aldehydes is 1. The highest BCUT2D eigenvalue weighted by atomic mass is 79.9. The van der Waals surface area contributed by atoms with E-state index in [1.54, 1.807) is 0 Å². The van der Waals surface area contributed by atoms with Crippen molar-refractivity contribution in [3.63, 3.8) is 0 Å². The van der Waals surface area contributed by atoms with Gasteiger partial charge in [-0.2, -0.15) is 0 Å². The van der Waals surface area contributed by atoms with Gasteiger partial charge in [0.15, 0.2) is 0 Å². The Balaban J connectivity index is 2.61. The average molecular weight is 237 g/mol. The molecule has 66 valence electrons. The molecule has 0 saturated carbocycles. The van der Waals surface area contributed by atoms with Gasteiger partial charge in [0.25, 0.3) is 0 Å². The summed E-state index contributed by atoms with van der Waals surface area (Å²) in [4.78, 5) is 10.8. The van der Waals surface area contributed by atoms with Gasteiger partial charge in [-0.3, -0.25) is 4.79 Å². The second-order valence-electron chi connectivity index (χ2n) is 3.08. The molecule has 1 aromatic carbocycles. The molecule has 1 nitrogen and oxygen atoms in total. The van der Waals surface area contributed by atoms with E-state index in [4.69, 9.17) is 0 Å². The Hall–Kier alpha value is -0.890. The second kappa shape index (κ2) is 3.46. The summed E-state index contributed by atoms with van der Waals surface area (Å²) in [6.45, 7) is 0. The molecule has 1 aliphatic carbocycles. The molecule has 0 fully saturated rings. The first-order valence-corrected chi connectivity index (χ1v) is 5.05. The Morgan fingerprint density at radius 3 is 3.00 bits per heavy atom. The summed E-state index contributed by atoms with van der Waals surface area (Å²) in [6, 6.07) is 5.98. The smallest absolute Gasteiger partial charge is 0.150 e. The van der Waals surface area contributed by atoms with Gasteiger partial charge < -0.3 is 0 Å². The highest BCUT2D eigenvalue weighted by Crippen LogP contribution is 2.30. The summed E-state index contributed by atoms with van der Waals surface area (Å²) >= 11 is 3.50. The Labute approximate surface area is 85.6 Å². The Morgan fingerprint density at radius 2 is 2.23 bits per heavy atom. The van der Waals surface area contributed by atoms with Gasteiger partial charge in [-0.1, -0.05) is 34.1 Å². The minimum absolute atomic E-state index is 0.822. The summed E-state index contributed by atoms with van der Waals surface area (Å²) in [5.74, 6) is 0. The summed E-state index contributed by atoms with van der Waals surface area (Å²) in [7, 11) is 0. The quantitative estimate of drug-likeness (QED) is 0.686. The van der Waals surface area contributed by atoms with Crippen LogP contribution in [0.4, 0.5) is 0 Å². The maximum absolute atomic E-state index is 10.8. The van der Waals surface area contributed by atoms with Gasteiger partial charge in [0.05, 0.1) is 0 Å². The van der Waals surface area contributed by atoms with Crippen molar-refractivity contribution in [3.05, 3.63) is 39.9 Å². The third-order valence-electron chi connectivity index (χ3n) is 2.32. The van der Waals surface area contributed by atoms with E-state index in [2.05, 4.69) is 15.9 Å². The van der Waals surface area contributed by atoms with Crippen molar-refractivity contribution in [1.82, 2.24) is 0 Å². The van der Waals surface area contributed by atoms with Gasteiger partial charge in [-0.15, -0.1) is 0 Å². The van der Waals surface area contributed by atoms with Gasteiger partial charge >= 0.3 is 0 Å². The highest BCUT2D eigenvalue weighted by molar-refractivity contribution is 9.10. The topological polar surface area (TPSA) is 17.1 Å². The van der Waals surface area contributed by atoms with Crippen LogP contribution in [0.2, 0.25) is 0 Å². The molecule has 0 aliphatic heterocycles. The molecule has 0 N–H and O–H groups in total. The number of hydrogen-bond acceptors (Lipinski definition) is 1. The minimum atomic E-state index is 0.822. The van der Waals surface area contributed by atoms with Crippen LogP contribution in [0, 0.1) is 0 Å². The maximum atomic E-state index is 10.8. The van der Waals surface area contributed by atoms with E-state index in [0.717, 1.165) is 34.7 Å². The van der Waals surface area contributed by atoms with Crippen molar-refractivity contribution in [3.8, 4) is 0 Å². The summed E-state index contributed by atoms with van der Waals surface area (Å²) in [5.41, 5.74) is 3.16. The molecule has 0 unspecified atom stereocenters. The molecule has 0 bridgehead atoms. The summed E-state index contributed by atoms with van der Waals surface area (Å²) in [6.07, 6.45) is 4.92. The van der Waals surface area contributed by atoms with Crippen LogP contribution in [0.15, 0.2) is 28.7 Å². The lowest BCUT2D eigenvalue weighted by Crippen LogP contribution is -2.01. The molecular formula is C11H9BrO. The first-order chi connectivity index (χ1) is 6.33. The predicted octanol–water partition coefficient (Wildman–Crippen LogP) is 2.98.